The molecular weight excluding hydrogens is 366 g/mol. The number of rotatable bonds is 6. The van der Waals surface area contributed by atoms with Crippen LogP contribution in [0.2, 0.25) is 0 Å². The first-order chi connectivity index (χ1) is 13.9. The molecule has 6 nitrogen and oxygen atoms in total. The highest BCUT2D eigenvalue weighted by Gasteiger charge is 2.26. The van der Waals surface area contributed by atoms with Crippen molar-refractivity contribution in [2.75, 3.05) is 52.4 Å². The van der Waals surface area contributed by atoms with Crippen LogP contribution in [0.3, 0.4) is 0 Å². The molecular formula is C23H37N3O3. The fourth-order valence-corrected chi connectivity index (χ4v) is 3.96. The van der Waals surface area contributed by atoms with Gasteiger partial charge in [0, 0.05) is 45.8 Å². The van der Waals surface area contributed by atoms with Crippen LogP contribution >= 0.6 is 0 Å². The van der Waals surface area contributed by atoms with E-state index in [0.29, 0.717) is 6.10 Å². The van der Waals surface area contributed by atoms with E-state index in [1.54, 1.807) is 0 Å². The molecule has 1 atom stereocenters. The summed E-state index contributed by atoms with van der Waals surface area (Å²) in [6, 6.07) is 10.7. The highest BCUT2D eigenvalue weighted by Crippen LogP contribution is 2.15. The lowest BCUT2D eigenvalue weighted by Gasteiger charge is -2.36. The first-order valence-corrected chi connectivity index (χ1v) is 11.0. The highest BCUT2D eigenvalue weighted by molar-refractivity contribution is 5.68. The van der Waals surface area contributed by atoms with Gasteiger partial charge in [0.05, 0.1) is 12.7 Å². The fraction of sp³-hybridized carbons (Fsp3) is 0.696. The minimum atomic E-state index is -0.428. The number of hydrogen-bond donors (Lipinski definition) is 0. The Morgan fingerprint density at radius 2 is 1.79 bits per heavy atom. The van der Waals surface area contributed by atoms with Crippen molar-refractivity contribution < 1.29 is 14.3 Å². The minimum absolute atomic E-state index is 0.189. The van der Waals surface area contributed by atoms with Gasteiger partial charge in [-0.25, -0.2) is 4.79 Å². The molecule has 2 fully saturated rings. The van der Waals surface area contributed by atoms with Crippen molar-refractivity contribution in [1.82, 2.24) is 14.7 Å². The summed E-state index contributed by atoms with van der Waals surface area (Å²) in [7, 11) is 0. The molecule has 2 heterocycles. The Labute approximate surface area is 175 Å². The lowest BCUT2D eigenvalue weighted by molar-refractivity contribution is -0.0368. The lowest BCUT2D eigenvalue weighted by atomic mass is 10.1. The van der Waals surface area contributed by atoms with Crippen LogP contribution in [0.4, 0.5) is 4.79 Å². The summed E-state index contributed by atoms with van der Waals surface area (Å²) in [6.07, 6.45) is 2.37. The van der Waals surface area contributed by atoms with Gasteiger partial charge >= 0.3 is 6.09 Å². The third-order valence-electron chi connectivity index (χ3n) is 5.50. The molecule has 162 valence electrons. The SMILES string of the molecule is CC(C)(C)OC(=O)N1CCN(CCC[C@H]2CN(Cc3ccccc3)CCO2)CC1. The number of hydrogen-bond acceptors (Lipinski definition) is 5. The Hall–Kier alpha value is -1.63. The van der Waals surface area contributed by atoms with Crippen LogP contribution in [-0.4, -0.2) is 84.9 Å². The van der Waals surface area contributed by atoms with Crippen LogP contribution < -0.4 is 0 Å². The quantitative estimate of drug-likeness (QED) is 0.730. The molecule has 2 aliphatic rings. The first-order valence-electron chi connectivity index (χ1n) is 11.0. The molecule has 2 aliphatic heterocycles. The van der Waals surface area contributed by atoms with Gasteiger partial charge in [0.15, 0.2) is 0 Å². The number of benzene rings is 1. The second kappa shape index (κ2) is 10.4. The third kappa shape index (κ3) is 7.61. The number of piperazine rings is 1. The number of carbonyl (C=O) groups excluding carboxylic acids is 1. The standard InChI is InChI=1S/C23H37N3O3/c1-23(2,3)29-22(27)26-14-12-24(13-15-26)11-7-10-21-19-25(16-17-28-21)18-20-8-5-4-6-9-20/h4-6,8-9,21H,7,10-19H2,1-3H3/t21-/m0/s1. The van der Waals surface area contributed by atoms with Gasteiger partial charge < -0.3 is 14.4 Å². The Morgan fingerprint density at radius 1 is 1.07 bits per heavy atom. The van der Waals surface area contributed by atoms with Crippen LogP contribution in [0.15, 0.2) is 30.3 Å². The molecule has 0 radical (unpaired) electrons. The predicted octanol–water partition coefficient (Wildman–Crippen LogP) is 3.22. The maximum Gasteiger partial charge on any atom is 0.410 e. The van der Waals surface area contributed by atoms with Gasteiger partial charge in [0.2, 0.25) is 0 Å². The second-order valence-corrected chi connectivity index (χ2v) is 9.16. The summed E-state index contributed by atoms with van der Waals surface area (Å²) in [4.78, 5) is 18.9. The Kier molecular flexibility index (Phi) is 7.92. The van der Waals surface area contributed by atoms with Gasteiger partial charge in [0.25, 0.3) is 0 Å². The largest absolute Gasteiger partial charge is 0.444 e. The molecule has 2 saturated heterocycles. The van der Waals surface area contributed by atoms with Crippen molar-refractivity contribution in [3.05, 3.63) is 35.9 Å². The number of nitrogens with zero attached hydrogens (tertiary/aromatic N) is 3. The van der Waals surface area contributed by atoms with Crippen molar-refractivity contribution in [2.24, 2.45) is 0 Å². The zero-order valence-corrected chi connectivity index (χ0v) is 18.3. The van der Waals surface area contributed by atoms with E-state index in [1.807, 2.05) is 25.7 Å². The average molecular weight is 404 g/mol. The van der Waals surface area contributed by atoms with E-state index in [1.165, 1.54) is 5.56 Å². The first kappa shape index (κ1) is 22.1. The van der Waals surface area contributed by atoms with E-state index in [4.69, 9.17) is 9.47 Å². The number of morpholine rings is 1. The maximum absolute atomic E-state index is 12.2. The Morgan fingerprint density at radius 3 is 2.48 bits per heavy atom. The summed E-state index contributed by atoms with van der Waals surface area (Å²) in [5.41, 5.74) is 0.943. The van der Waals surface area contributed by atoms with Gasteiger partial charge in [-0.1, -0.05) is 30.3 Å². The zero-order valence-electron chi connectivity index (χ0n) is 18.3. The van der Waals surface area contributed by atoms with Crippen molar-refractivity contribution in [2.45, 2.75) is 51.9 Å². The monoisotopic (exact) mass is 403 g/mol. The molecule has 1 aromatic carbocycles. The predicted molar refractivity (Wildman–Crippen MR) is 115 cm³/mol. The van der Waals surface area contributed by atoms with Gasteiger partial charge in [-0.3, -0.25) is 9.80 Å². The highest BCUT2D eigenvalue weighted by atomic mass is 16.6. The molecule has 1 amide bonds. The number of ether oxygens (including phenoxy) is 2. The molecule has 0 aromatic heterocycles. The normalized spacial score (nSPS) is 21.9. The van der Waals surface area contributed by atoms with Crippen molar-refractivity contribution >= 4 is 6.09 Å². The average Bonchev–Trinajstić information content (AvgIpc) is 2.68. The fourth-order valence-electron chi connectivity index (χ4n) is 3.96. The van der Waals surface area contributed by atoms with Crippen molar-refractivity contribution in [1.29, 1.82) is 0 Å². The molecule has 3 rings (SSSR count). The van der Waals surface area contributed by atoms with E-state index in [9.17, 15) is 4.79 Å². The van der Waals surface area contributed by atoms with Gasteiger partial charge in [-0.15, -0.1) is 0 Å². The van der Waals surface area contributed by atoms with Crippen molar-refractivity contribution in [3.8, 4) is 0 Å². The molecule has 0 N–H and O–H groups in total. The number of carbonyl (C=O) groups is 1. The summed E-state index contributed by atoms with van der Waals surface area (Å²) < 4.78 is 11.5. The molecule has 0 saturated carbocycles. The van der Waals surface area contributed by atoms with E-state index >= 15 is 0 Å². The van der Waals surface area contributed by atoms with Gasteiger partial charge in [-0.2, -0.15) is 0 Å². The molecule has 0 unspecified atom stereocenters. The van der Waals surface area contributed by atoms with Crippen LogP contribution in [-0.2, 0) is 16.0 Å². The van der Waals surface area contributed by atoms with Crippen LogP contribution in [0.5, 0.6) is 0 Å². The maximum atomic E-state index is 12.2. The molecule has 6 heteroatoms. The van der Waals surface area contributed by atoms with Gasteiger partial charge in [0.1, 0.15) is 5.60 Å². The topological polar surface area (TPSA) is 45.2 Å². The summed E-state index contributed by atoms with van der Waals surface area (Å²) in [5, 5.41) is 0. The summed E-state index contributed by atoms with van der Waals surface area (Å²) >= 11 is 0. The molecule has 1 aromatic rings. The zero-order chi connectivity index (χ0) is 20.7. The lowest BCUT2D eigenvalue weighted by Crippen LogP contribution is -2.50. The van der Waals surface area contributed by atoms with E-state index in [-0.39, 0.29) is 6.09 Å². The smallest absolute Gasteiger partial charge is 0.410 e. The summed E-state index contributed by atoms with van der Waals surface area (Å²) in [5.74, 6) is 0. The second-order valence-electron chi connectivity index (χ2n) is 9.16. The Balaban J connectivity index is 1.32. The van der Waals surface area contributed by atoms with E-state index < -0.39 is 5.60 Å². The summed E-state index contributed by atoms with van der Waals surface area (Å²) in [6.45, 7) is 14.0. The Bertz CT molecular complexity index is 624. The molecule has 29 heavy (non-hydrogen) atoms. The van der Waals surface area contributed by atoms with E-state index in [0.717, 1.165) is 71.8 Å². The van der Waals surface area contributed by atoms with Crippen molar-refractivity contribution in [3.63, 3.8) is 0 Å². The minimum Gasteiger partial charge on any atom is -0.444 e. The van der Waals surface area contributed by atoms with Crippen LogP contribution in [0.1, 0.15) is 39.2 Å². The molecule has 0 spiro atoms. The molecule has 0 bridgehead atoms. The number of amides is 1. The van der Waals surface area contributed by atoms with Gasteiger partial charge in [-0.05, 0) is 45.7 Å². The van der Waals surface area contributed by atoms with Crippen LogP contribution in [0, 0.1) is 0 Å². The van der Waals surface area contributed by atoms with E-state index in [2.05, 4.69) is 40.1 Å². The molecule has 0 aliphatic carbocycles. The third-order valence-corrected chi connectivity index (χ3v) is 5.50. The van der Waals surface area contributed by atoms with Crippen LogP contribution in [0.25, 0.3) is 0 Å².